The number of imide groups is 2. The average Bonchev–Trinajstić information content (AvgIpc) is 3.41. The number of fused-ring (bicyclic) bond motifs is 4. The van der Waals surface area contributed by atoms with E-state index in [4.69, 9.17) is 21.1 Å². The van der Waals surface area contributed by atoms with E-state index in [1.807, 2.05) is 24.3 Å². The molecular weight excluding hydrogens is 600 g/mol. The summed E-state index contributed by atoms with van der Waals surface area (Å²) < 4.78 is 11.0. The van der Waals surface area contributed by atoms with Gasteiger partial charge in [-0.25, -0.2) is 4.90 Å². The molecule has 7 rings (SSSR count). The number of hydrogen-bond donors (Lipinski definition) is 2. The number of ether oxygens (including phenoxy) is 2. The maximum absolute atomic E-state index is 15.2. The van der Waals surface area contributed by atoms with Gasteiger partial charge in [0, 0.05) is 10.9 Å². The molecule has 4 amide bonds. The van der Waals surface area contributed by atoms with Crippen LogP contribution in [0, 0.1) is 23.7 Å². The van der Waals surface area contributed by atoms with Gasteiger partial charge in [-0.1, -0.05) is 59.6 Å². The molecule has 6 unspecified atom stereocenters. The lowest BCUT2D eigenvalue weighted by molar-refractivity contribution is -0.173. The molecule has 3 fully saturated rings. The number of phenolic OH excluding ortho intramolecular Hbond substituents is 1. The minimum Gasteiger partial charge on any atom is -0.502 e. The van der Waals surface area contributed by atoms with Gasteiger partial charge in [0.1, 0.15) is 0 Å². The van der Waals surface area contributed by atoms with Gasteiger partial charge >= 0.3 is 0 Å². The molecule has 11 heteroatoms. The number of phenols is 1. The van der Waals surface area contributed by atoms with Gasteiger partial charge in [0.05, 0.1) is 43.1 Å². The number of anilines is 1. The summed E-state index contributed by atoms with van der Waals surface area (Å²) in [6, 6.07) is 18.8. The number of aromatic hydroxyl groups is 1. The van der Waals surface area contributed by atoms with Gasteiger partial charge in [-0.2, -0.15) is 5.06 Å². The molecule has 0 bridgehead atoms. The largest absolute Gasteiger partial charge is 0.502 e. The first-order valence-electron chi connectivity index (χ1n) is 14.6. The second-order valence-corrected chi connectivity index (χ2v) is 12.3. The fourth-order valence-corrected chi connectivity index (χ4v) is 8.37. The van der Waals surface area contributed by atoms with Gasteiger partial charge in [-0.05, 0) is 60.2 Å². The quantitative estimate of drug-likeness (QED) is 0.238. The number of carbonyl (C=O) groups excluding carboxylic acids is 4. The Bertz CT molecular complexity index is 1780. The Labute approximate surface area is 263 Å². The van der Waals surface area contributed by atoms with Crippen LogP contribution in [0.2, 0.25) is 5.02 Å². The number of allylic oxidation sites excluding steroid dienone is 2. The van der Waals surface area contributed by atoms with Crippen LogP contribution in [0.5, 0.6) is 17.2 Å². The van der Waals surface area contributed by atoms with Crippen LogP contribution < -0.4 is 14.4 Å². The lowest BCUT2D eigenvalue weighted by atomic mass is 9.49. The summed E-state index contributed by atoms with van der Waals surface area (Å²) in [5.41, 5.74) is 0.597. The van der Waals surface area contributed by atoms with E-state index < -0.39 is 58.6 Å². The molecule has 6 atom stereocenters. The monoisotopic (exact) mass is 628 g/mol. The first-order chi connectivity index (χ1) is 21.6. The minimum atomic E-state index is -1.51. The zero-order valence-electron chi connectivity index (χ0n) is 24.3. The molecule has 0 radical (unpaired) electrons. The van der Waals surface area contributed by atoms with Crippen molar-refractivity contribution in [3.8, 4) is 17.2 Å². The predicted molar refractivity (Wildman–Crippen MR) is 161 cm³/mol. The summed E-state index contributed by atoms with van der Waals surface area (Å²) in [7, 11) is 2.79. The highest BCUT2D eigenvalue weighted by molar-refractivity contribution is 6.32. The van der Waals surface area contributed by atoms with E-state index in [9.17, 15) is 24.7 Å². The molecule has 1 saturated carbocycles. The standard InChI is InChI=1S/C34H29ClN2O8/c1-44-25-13-17(14-26(45-2)29(25)38)28-21-11-12-22-27(32(41)37(43)30(22)39)23(21)16-24-31(40)36(20-10-6-9-19(35)15-20)33(42)34(24,28)18-7-4-3-5-8-18/h3-11,13-15,22-24,27-28,38,43H,12,16H2,1-2H3. The Morgan fingerprint density at radius 3 is 2.20 bits per heavy atom. The molecule has 3 aromatic rings. The van der Waals surface area contributed by atoms with Gasteiger partial charge in [0.25, 0.3) is 11.8 Å². The molecule has 2 N–H and O–H groups in total. The summed E-state index contributed by atoms with van der Waals surface area (Å²) in [6.07, 6.45) is 2.11. The molecule has 4 aliphatic rings. The topological polar surface area (TPSA) is 134 Å². The van der Waals surface area contributed by atoms with Crippen LogP contribution in [-0.2, 0) is 24.6 Å². The third-order valence-electron chi connectivity index (χ3n) is 9.98. The first-order valence-corrected chi connectivity index (χ1v) is 14.9. The van der Waals surface area contributed by atoms with E-state index >= 15 is 4.79 Å². The molecule has 2 aliphatic heterocycles. The first kappa shape index (κ1) is 29.1. The van der Waals surface area contributed by atoms with Gasteiger partial charge in [0.15, 0.2) is 11.5 Å². The maximum atomic E-state index is 15.2. The summed E-state index contributed by atoms with van der Waals surface area (Å²) in [6.45, 7) is 0. The molecule has 0 aromatic heterocycles. The lowest BCUT2D eigenvalue weighted by Crippen LogP contribution is -2.53. The molecule has 10 nitrogen and oxygen atoms in total. The Kier molecular flexibility index (Phi) is 6.75. The summed E-state index contributed by atoms with van der Waals surface area (Å²) in [5, 5.41) is 21.7. The van der Waals surface area contributed by atoms with Crippen molar-refractivity contribution in [2.45, 2.75) is 24.2 Å². The SMILES string of the molecule is COc1cc(C2C3=CCC4C(=O)N(O)C(=O)C4C3CC3C(=O)N(c4cccc(Cl)c4)C(=O)C32c2ccccc2)cc(OC)c1O. The predicted octanol–water partition coefficient (Wildman–Crippen LogP) is 4.61. The van der Waals surface area contributed by atoms with Gasteiger partial charge in [-0.15, -0.1) is 0 Å². The van der Waals surface area contributed by atoms with Crippen LogP contribution in [-0.4, -0.2) is 53.2 Å². The van der Waals surface area contributed by atoms with Crippen molar-refractivity contribution < 1.29 is 39.0 Å². The van der Waals surface area contributed by atoms with Crippen LogP contribution in [0.3, 0.4) is 0 Å². The van der Waals surface area contributed by atoms with Crippen molar-refractivity contribution >= 4 is 40.9 Å². The molecule has 0 spiro atoms. The van der Waals surface area contributed by atoms with Gasteiger partial charge < -0.3 is 14.6 Å². The van der Waals surface area contributed by atoms with E-state index in [1.165, 1.54) is 19.1 Å². The molecule has 45 heavy (non-hydrogen) atoms. The number of rotatable bonds is 5. The Morgan fingerprint density at radius 2 is 1.56 bits per heavy atom. The molecule has 230 valence electrons. The third-order valence-corrected chi connectivity index (χ3v) is 10.2. The number of methoxy groups -OCH3 is 2. The van der Waals surface area contributed by atoms with Crippen molar-refractivity contribution in [2.75, 3.05) is 19.1 Å². The van der Waals surface area contributed by atoms with Crippen molar-refractivity contribution in [3.63, 3.8) is 0 Å². The van der Waals surface area contributed by atoms with Gasteiger partial charge in [-0.3, -0.25) is 24.4 Å². The number of hydrogen-bond acceptors (Lipinski definition) is 8. The van der Waals surface area contributed by atoms with Crippen LogP contribution in [0.4, 0.5) is 5.69 Å². The molecule has 2 heterocycles. The van der Waals surface area contributed by atoms with Crippen LogP contribution in [0.1, 0.15) is 29.9 Å². The lowest BCUT2D eigenvalue weighted by Gasteiger charge is -2.50. The van der Waals surface area contributed by atoms with E-state index in [1.54, 1.807) is 48.5 Å². The minimum absolute atomic E-state index is 0.0826. The average molecular weight is 629 g/mol. The number of nitrogens with zero attached hydrogens (tertiary/aromatic N) is 2. The van der Waals surface area contributed by atoms with E-state index in [2.05, 4.69) is 0 Å². The Hall–Kier alpha value is -4.67. The fourth-order valence-electron chi connectivity index (χ4n) is 8.18. The number of carbonyl (C=O) groups is 4. The molecule has 2 aliphatic carbocycles. The van der Waals surface area contributed by atoms with E-state index in [-0.39, 0.29) is 35.2 Å². The van der Waals surface area contributed by atoms with Crippen LogP contribution in [0.25, 0.3) is 0 Å². The smallest absolute Gasteiger partial charge is 0.257 e. The van der Waals surface area contributed by atoms with Crippen molar-refractivity contribution in [1.29, 1.82) is 0 Å². The van der Waals surface area contributed by atoms with Crippen LogP contribution >= 0.6 is 11.6 Å². The van der Waals surface area contributed by atoms with Gasteiger partial charge in [0.2, 0.25) is 17.6 Å². The number of amides is 4. The van der Waals surface area contributed by atoms with Crippen molar-refractivity contribution in [3.05, 3.63) is 94.5 Å². The molecule has 3 aromatic carbocycles. The summed E-state index contributed by atoms with van der Waals surface area (Å²) in [4.78, 5) is 57.3. The fraction of sp³-hybridized carbons (Fsp3) is 0.294. The highest BCUT2D eigenvalue weighted by Crippen LogP contribution is 2.65. The number of benzene rings is 3. The summed E-state index contributed by atoms with van der Waals surface area (Å²) in [5.74, 6) is -6.57. The highest BCUT2D eigenvalue weighted by atomic mass is 35.5. The molecular formula is C34H29ClN2O8. The normalized spacial score (nSPS) is 28.9. The molecule has 2 saturated heterocycles. The second kappa shape index (κ2) is 10.5. The number of hydroxylamine groups is 2. The third kappa shape index (κ3) is 3.91. The van der Waals surface area contributed by atoms with Crippen LogP contribution in [0.15, 0.2) is 78.4 Å². The maximum Gasteiger partial charge on any atom is 0.257 e. The van der Waals surface area contributed by atoms with E-state index in [0.717, 1.165) is 0 Å². The van der Waals surface area contributed by atoms with Crippen molar-refractivity contribution in [1.82, 2.24) is 5.06 Å². The number of halogens is 1. The Balaban J connectivity index is 1.55. The summed E-state index contributed by atoms with van der Waals surface area (Å²) >= 11 is 6.33. The zero-order chi connectivity index (χ0) is 31.8. The second-order valence-electron chi connectivity index (χ2n) is 11.9. The Morgan fingerprint density at radius 1 is 0.867 bits per heavy atom. The van der Waals surface area contributed by atoms with Crippen molar-refractivity contribution in [2.24, 2.45) is 23.7 Å². The zero-order valence-corrected chi connectivity index (χ0v) is 25.1. The van der Waals surface area contributed by atoms with E-state index in [0.29, 0.717) is 27.4 Å². The highest BCUT2D eigenvalue weighted by Gasteiger charge is 2.70.